The van der Waals surface area contributed by atoms with Crippen LogP contribution in [0, 0.1) is 10.1 Å². The highest BCUT2D eigenvalue weighted by molar-refractivity contribution is 7.98. The van der Waals surface area contributed by atoms with Gasteiger partial charge in [-0.2, -0.15) is 5.10 Å². The second-order valence-corrected chi connectivity index (χ2v) is 7.33. The molecule has 0 aliphatic carbocycles. The Kier molecular flexibility index (Phi) is 8.11. The second-order valence-electron chi connectivity index (χ2n) is 6.56. The molecule has 32 heavy (non-hydrogen) atoms. The number of hydrogen-bond donors (Lipinski definition) is 2. The molecule has 1 aromatic carbocycles. The van der Waals surface area contributed by atoms with E-state index in [-0.39, 0.29) is 11.6 Å². The molecule has 3 rings (SSSR count). The predicted molar refractivity (Wildman–Crippen MR) is 123 cm³/mol. The lowest BCUT2D eigenvalue weighted by Gasteiger charge is -2.08. The third-order valence-corrected chi connectivity index (χ3v) is 4.96. The van der Waals surface area contributed by atoms with Crippen molar-refractivity contribution in [3.63, 3.8) is 0 Å². The molecule has 3 aromatic rings. The van der Waals surface area contributed by atoms with Crippen molar-refractivity contribution in [2.24, 2.45) is 0 Å². The topological polar surface area (TPSA) is 137 Å². The largest absolute Gasteiger partial charge is 0.383 e. The number of nitro benzene ring substituents is 1. The maximum atomic E-state index is 12.1. The van der Waals surface area contributed by atoms with E-state index in [1.807, 2.05) is 6.26 Å². The van der Waals surface area contributed by atoms with E-state index < -0.39 is 4.92 Å². The fourth-order valence-corrected chi connectivity index (χ4v) is 3.18. The van der Waals surface area contributed by atoms with Gasteiger partial charge in [-0.05, 0) is 30.0 Å². The number of nitrogens with zero attached hydrogens (tertiary/aromatic N) is 5. The Hall–Kier alpha value is -3.51. The van der Waals surface area contributed by atoms with Gasteiger partial charge in [0.1, 0.15) is 5.82 Å². The van der Waals surface area contributed by atoms with Crippen LogP contribution in [0.4, 0.5) is 11.5 Å². The van der Waals surface area contributed by atoms with Crippen molar-refractivity contribution in [1.82, 2.24) is 25.1 Å². The molecule has 2 heterocycles. The summed E-state index contributed by atoms with van der Waals surface area (Å²) < 4.78 is 6.79. The third kappa shape index (κ3) is 6.02. The van der Waals surface area contributed by atoms with Gasteiger partial charge < -0.3 is 15.4 Å². The summed E-state index contributed by atoms with van der Waals surface area (Å²) >= 11 is 1.43. The summed E-state index contributed by atoms with van der Waals surface area (Å²) in [5.74, 6) is 0.416. The van der Waals surface area contributed by atoms with Crippen molar-refractivity contribution in [2.45, 2.75) is 11.7 Å². The van der Waals surface area contributed by atoms with Crippen molar-refractivity contribution < 1.29 is 14.5 Å². The second kappa shape index (κ2) is 11.2. The van der Waals surface area contributed by atoms with E-state index in [2.05, 4.69) is 25.7 Å². The first kappa shape index (κ1) is 23.2. The summed E-state index contributed by atoms with van der Waals surface area (Å²) in [5, 5.41) is 22.5. The van der Waals surface area contributed by atoms with Gasteiger partial charge >= 0.3 is 0 Å². The molecule has 2 N–H and O–H groups in total. The molecule has 0 saturated carbocycles. The number of thioether (sulfide) groups is 1. The summed E-state index contributed by atoms with van der Waals surface area (Å²) in [7, 11) is 1.64. The molecule has 0 bridgehead atoms. The molecule has 0 atom stereocenters. The van der Waals surface area contributed by atoms with Crippen LogP contribution in [0.15, 0.2) is 41.7 Å². The molecular formula is C20H23N7O4S. The lowest BCUT2D eigenvalue weighted by Crippen LogP contribution is -2.25. The molecule has 0 aliphatic heterocycles. The molecule has 0 saturated heterocycles. The van der Waals surface area contributed by atoms with Crippen LogP contribution in [0.3, 0.4) is 0 Å². The lowest BCUT2D eigenvalue weighted by atomic mass is 10.2. The van der Waals surface area contributed by atoms with Crippen molar-refractivity contribution in [3.05, 3.63) is 52.2 Å². The van der Waals surface area contributed by atoms with Crippen molar-refractivity contribution in [3.8, 4) is 0 Å². The molecule has 0 radical (unpaired) electrons. The molecule has 0 spiro atoms. The number of nitro groups is 1. The van der Waals surface area contributed by atoms with E-state index >= 15 is 0 Å². The van der Waals surface area contributed by atoms with Gasteiger partial charge in [0, 0.05) is 38.4 Å². The monoisotopic (exact) mass is 457 g/mol. The van der Waals surface area contributed by atoms with E-state index in [1.165, 1.54) is 30.0 Å². The number of nitrogens with one attached hydrogen (secondary N) is 2. The van der Waals surface area contributed by atoms with Crippen molar-refractivity contribution in [1.29, 1.82) is 0 Å². The normalized spacial score (nSPS) is 11.2. The molecule has 2 aromatic heterocycles. The average Bonchev–Trinajstić information content (AvgIpc) is 3.21. The van der Waals surface area contributed by atoms with Crippen LogP contribution in [0.25, 0.3) is 17.1 Å². The van der Waals surface area contributed by atoms with Crippen LogP contribution >= 0.6 is 11.8 Å². The smallest absolute Gasteiger partial charge is 0.269 e. The van der Waals surface area contributed by atoms with Gasteiger partial charge in [0.2, 0.25) is 5.91 Å². The summed E-state index contributed by atoms with van der Waals surface area (Å²) in [6.45, 7) is 1.95. The van der Waals surface area contributed by atoms with Crippen LogP contribution < -0.4 is 10.6 Å². The van der Waals surface area contributed by atoms with Gasteiger partial charge in [-0.15, -0.1) is 0 Å². The third-order valence-electron chi connectivity index (χ3n) is 4.41. The van der Waals surface area contributed by atoms with Crippen LogP contribution in [0.2, 0.25) is 0 Å². The molecule has 0 unspecified atom stereocenters. The van der Waals surface area contributed by atoms with Gasteiger partial charge in [-0.3, -0.25) is 14.9 Å². The highest BCUT2D eigenvalue weighted by atomic mass is 32.2. The number of hydrogen-bond acceptors (Lipinski definition) is 9. The Bertz CT molecular complexity index is 1120. The van der Waals surface area contributed by atoms with E-state index in [4.69, 9.17) is 4.74 Å². The minimum Gasteiger partial charge on any atom is -0.383 e. The van der Waals surface area contributed by atoms with Crippen LogP contribution in [-0.2, 0) is 16.1 Å². The zero-order chi connectivity index (χ0) is 22.9. The Balaban J connectivity index is 1.60. The van der Waals surface area contributed by atoms with Crippen LogP contribution in [0.1, 0.15) is 5.56 Å². The fraction of sp³-hybridized carbons (Fsp3) is 0.300. The number of anilines is 1. The maximum absolute atomic E-state index is 12.1. The Morgan fingerprint density at radius 3 is 2.75 bits per heavy atom. The Morgan fingerprint density at radius 1 is 1.28 bits per heavy atom. The van der Waals surface area contributed by atoms with Crippen LogP contribution in [0.5, 0.6) is 0 Å². The number of methoxy groups -OCH3 is 1. The highest BCUT2D eigenvalue weighted by Crippen LogP contribution is 2.23. The standard InChI is InChI=1S/C20H23N7O4S/c1-31-12-10-22-18-16-13-23-26(19(16)25-20(24-18)32-2)11-9-21-17(28)8-5-14-3-6-15(7-4-14)27(29)30/h3-8,13H,9-12H2,1-2H3,(H,21,28)(H,22,24,25). The number of aromatic nitrogens is 4. The van der Waals surface area contributed by atoms with Gasteiger partial charge in [-0.1, -0.05) is 11.8 Å². The highest BCUT2D eigenvalue weighted by Gasteiger charge is 2.12. The molecule has 0 aliphatic rings. The van der Waals surface area contributed by atoms with E-state index in [0.717, 1.165) is 5.39 Å². The van der Waals surface area contributed by atoms with Crippen molar-refractivity contribution >= 4 is 46.3 Å². The summed E-state index contributed by atoms with van der Waals surface area (Å²) in [4.78, 5) is 31.4. The maximum Gasteiger partial charge on any atom is 0.269 e. The SMILES string of the molecule is COCCNc1nc(SC)nc2c1cnn2CCNC(=O)C=Cc1ccc([N+](=O)[O-])cc1. The van der Waals surface area contributed by atoms with Gasteiger partial charge in [0.15, 0.2) is 10.8 Å². The number of rotatable bonds is 11. The van der Waals surface area contributed by atoms with Crippen LogP contribution in [-0.4, -0.2) is 63.6 Å². The first-order chi connectivity index (χ1) is 15.5. The molecule has 12 heteroatoms. The Labute approximate surface area is 188 Å². The Morgan fingerprint density at radius 2 is 2.06 bits per heavy atom. The van der Waals surface area contributed by atoms with Gasteiger partial charge in [-0.25, -0.2) is 14.6 Å². The summed E-state index contributed by atoms with van der Waals surface area (Å²) in [5.41, 5.74) is 1.38. The number of carbonyl (C=O) groups is 1. The molecule has 0 fully saturated rings. The van der Waals surface area contributed by atoms with Crippen molar-refractivity contribution in [2.75, 3.05) is 38.4 Å². The zero-order valence-electron chi connectivity index (χ0n) is 17.6. The molecule has 168 valence electrons. The number of carbonyl (C=O) groups excluding carboxylic acids is 1. The summed E-state index contributed by atoms with van der Waals surface area (Å²) in [6, 6.07) is 5.95. The van der Waals surface area contributed by atoms with Gasteiger partial charge in [0.05, 0.1) is 29.7 Å². The number of amides is 1. The minimum atomic E-state index is -0.467. The number of ether oxygens (including phenoxy) is 1. The van der Waals surface area contributed by atoms with Gasteiger partial charge in [0.25, 0.3) is 5.69 Å². The molecule has 11 nitrogen and oxygen atoms in total. The number of non-ortho nitro benzene ring substituents is 1. The van der Waals surface area contributed by atoms with E-state index in [1.54, 1.807) is 36.2 Å². The first-order valence-electron chi connectivity index (χ1n) is 9.72. The first-order valence-corrected chi connectivity index (χ1v) is 10.9. The van der Waals surface area contributed by atoms with E-state index in [9.17, 15) is 14.9 Å². The zero-order valence-corrected chi connectivity index (χ0v) is 18.5. The quantitative estimate of drug-likeness (QED) is 0.111. The number of benzene rings is 1. The van der Waals surface area contributed by atoms with E-state index in [0.29, 0.717) is 48.4 Å². The lowest BCUT2D eigenvalue weighted by molar-refractivity contribution is -0.384. The number of fused-ring (bicyclic) bond motifs is 1. The molecule has 1 amide bonds. The average molecular weight is 458 g/mol. The molecular weight excluding hydrogens is 434 g/mol. The fourth-order valence-electron chi connectivity index (χ4n) is 2.82. The summed E-state index contributed by atoms with van der Waals surface area (Å²) in [6.07, 6.45) is 6.58. The minimum absolute atomic E-state index is 0.00328. The predicted octanol–water partition coefficient (Wildman–Crippen LogP) is 2.34.